The Bertz CT molecular complexity index is 295. The van der Waals surface area contributed by atoms with Gasteiger partial charge in [0.2, 0.25) is 0 Å². The molecule has 0 saturated carbocycles. The van der Waals surface area contributed by atoms with Crippen LogP contribution < -0.4 is 0 Å². The van der Waals surface area contributed by atoms with E-state index in [1.165, 1.54) is 7.11 Å². The normalized spacial score (nSPS) is 14.8. The van der Waals surface area contributed by atoms with Crippen molar-refractivity contribution < 1.29 is 14.6 Å². The Morgan fingerprint density at radius 3 is 2.43 bits per heavy atom. The first-order valence-electron chi connectivity index (χ1n) is 4.47. The molecule has 14 heavy (non-hydrogen) atoms. The molecule has 0 spiro atoms. The van der Waals surface area contributed by atoms with Gasteiger partial charge in [-0.15, -0.1) is 0 Å². The fourth-order valence-corrected chi connectivity index (χ4v) is 1.20. The Morgan fingerprint density at radius 2 is 1.93 bits per heavy atom. The average molecular weight is 194 g/mol. The molecule has 76 valence electrons. The fourth-order valence-electron chi connectivity index (χ4n) is 1.20. The second-order valence-electron chi connectivity index (χ2n) is 3.15. The summed E-state index contributed by atoms with van der Waals surface area (Å²) < 4.78 is 4.69. The number of hydrogen-bond donors (Lipinski definition) is 1. The molecule has 1 aromatic carbocycles. The summed E-state index contributed by atoms with van der Waals surface area (Å²) in [5.41, 5.74) is 0.594. The van der Waals surface area contributed by atoms with E-state index >= 15 is 0 Å². The third-order valence-electron chi connectivity index (χ3n) is 2.14. The molecule has 0 aliphatic heterocycles. The van der Waals surface area contributed by atoms with Crippen molar-refractivity contribution in [2.45, 2.75) is 13.2 Å². The van der Waals surface area contributed by atoms with Gasteiger partial charge in [0, 0.05) is 12.7 Å². The maximum atomic E-state index is 11.7. The van der Waals surface area contributed by atoms with Crippen molar-refractivity contribution in [1.82, 2.24) is 0 Å². The van der Waals surface area contributed by atoms with Crippen LogP contribution in [0.4, 0.5) is 0 Å². The van der Waals surface area contributed by atoms with Gasteiger partial charge in [0.05, 0.1) is 5.92 Å². The van der Waals surface area contributed by atoms with Gasteiger partial charge in [-0.05, 0) is 0 Å². The van der Waals surface area contributed by atoms with E-state index in [1.807, 2.05) is 6.07 Å². The van der Waals surface area contributed by atoms with Crippen molar-refractivity contribution in [2.24, 2.45) is 5.92 Å². The van der Waals surface area contributed by atoms with E-state index in [0.717, 1.165) is 0 Å². The highest BCUT2D eigenvalue weighted by Crippen LogP contribution is 2.12. The van der Waals surface area contributed by atoms with Gasteiger partial charge in [-0.25, -0.2) is 0 Å². The van der Waals surface area contributed by atoms with E-state index < -0.39 is 12.2 Å². The van der Waals surface area contributed by atoms with E-state index in [2.05, 4.69) is 4.74 Å². The summed E-state index contributed by atoms with van der Waals surface area (Å²) >= 11 is 0. The minimum absolute atomic E-state index is 0.111. The van der Waals surface area contributed by atoms with Crippen LogP contribution in [0.3, 0.4) is 0 Å². The van der Waals surface area contributed by atoms with Gasteiger partial charge >= 0.3 is 0 Å². The summed E-state index contributed by atoms with van der Waals surface area (Å²) in [6.07, 6.45) is -1.04. The maximum absolute atomic E-state index is 11.7. The molecule has 0 aromatic heterocycles. The molecule has 0 heterocycles. The smallest absolute Gasteiger partial charge is 0.170 e. The van der Waals surface area contributed by atoms with Crippen LogP contribution in [0.5, 0.6) is 0 Å². The number of carbonyl (C=O) groups is 1. The van der Waals surface area contributed by atoms with Crippen LogP contribution in [0.15, 0.2) is 30.3 Å². The lowest BCUT2D eigenvalue weighted by atomic mass is 9.99. The van der Waals surface area contributed by atoms with Crippen molar-refractivity contribution in [3.63, 3.8) is 0 Å². The van der Waals surface area contributed by atoms with Crippen LogP contribution >= 0.6 is 0 Å². The van der Waals surface area contributed by atoms with E-state index in [9.17, 15) is 9.90 Å². The first kappa shape index (κ1) is 10.9. The van der Waals surface area contributed by atoms with Gasteiger partial charge in [0.1, 0.15) is 0 Å². The van der Waals surface area contributed by atoms with Gasteiger partial charge in [-0.1, -0.05) is 37.3 Å². The molecule has 2 unspecified atom stereocenters. The van der Waals surface area contributed by atoms with Crippen LogP contribution in [-0.2, 0) is 4.74 Å². The molecule has 0 aliphatic carbocycles. The number of carbonyl (C=O) groups excluding carboxylic acids is 1. The molecular formula is C11H14O3. The number of aliphatic hydroxyl groups is 1. The molecule has 0 amide bonds. The lowest BCUT2D eigenvalue weighted by molar-refractivity contribution is -0.0973. The molecule has 1 N–H and O–H groups in total. The Morgan fingerprint density at radius 1 is 1.36 bits per heavy atom. The first-order chi connectivity index (χ1) is 6.66. The molecule has 0 fully saturated rings. The first-order valence-corrected chi connectivity index (χ1v) is 4.47. The molecule has 0 saturated heterocycles. The highest BCUT2D eigenvalue weighted by Gasteiger charge is 2.22. The average Bonchev–Trinajstić information content (AvgIpc) is 2.27. The molecule has 0 aliphatic rings. The van der Waals surface area contributed by atoms with Crippen molar-refractivity contribution >= 4 is 5.78 Å². The van der Waals surface area contributed by atoms with E-state index in [1.54, 1.807) is 31.2 Å². The molecule has 3 nitrogen and oxygen atoms in total. The minimum Gasteiger partial charge on any atom is -0.367 e. The fraction of sp³-hybridized carbons (Fsp3) is 0.364. The van der Waals surface area contributed by atoms with E-state index in [0.29, 0.717) is 5.56 Å². The number of hydrogen-bond acceptors (Lipinski definition) is 3. The molecule has 0 bridgehead atoms. The maximum Gasteiger partial charge on any atom is 0.170 e. The van der Waals surface area contributed by atoms with Crippen LogP contribution in [0, 0.1) is 5.92 Å². The van der Waals surface area contributed by atoms with Crippen LogP contribution in [0.2, 0.25) is 0 Å². The molecular weight excluding hydrogens is 180 g/mol. The Labute approximate surface area is 83.3 Å². The second kappa shape index (κ2) is 4.88. The van der Waals surface area contributed by atoms with Gasteiger partial charge < -0.3 is 9.84 Å². The third-order valence-corrected chi connectivity index (χ3v) is 2.14. The SMILES string of the molecule is COC(O)C(C)C(=O)c1ccccc1. The number of ketones is 1. The predicted molar refractivity (Wildman–Crippen MR) is 53.0 cm³/mol. The van der Waals surface area contributed by atoms with Crippen molar-refractivity contribution in [1.29, 1.82) is 0 Å². The lowest BCUT2D eigenvalue weighted by Crippen LogP contribution is -2.27. The highest BCUT2D eigenvalue weighted by molar-refractivity contribution is 5.97. The number of Topliss-reactive ketones (excluding diaryl/α,β-unsaturated/α-hetero) is 1. The minimum atomic E-state index is -1.04. The Kier molecular flexibility index (Phi) is 3.80. The number of methoxy groups -OCH3 is 1. The van der Waals surface area contributed by atoms with Crippen molar-refractivity contribution in [3.8, 4) is 0 Å². The number of aliphatic hydroxyl groups excluding tert-OH is 1. The van der Waals surface area contributed by atoms with Crippen LogP contribution in [0.25, 0.3) is 0 Å². The predicted octanol–water partition coefficient (Wildman–Crippen LogP) is 1.47. The van der Waals surface area contributed by atoms with Gasteiger partial charge in [-0.3, -0.25) is 4.79 Å². The molecule has 1 rings (SSSR count). The molecule has 2 atom stereocenters. The van der Waals surface area contributed by atoms with Crippen molar-refractivity contribution in [3.05, 3.63) is 35.9 Å². The van der Waals surface area contributed by atoms with E-state index in [-0.39, 0.29) is 5.78 Å². The number of benzene rings is 1. The van der Waals surface area contributed by atoms with Crippen LogP contribution in [-0.4, -0.2) is 24.3 Å². The quantitative estimate of drug-likeness (QED) is 0.583. The van der Waals surface area contributed by atoms with Gasteiger partial charge in [0.25, 0.3) is 0 Å². The molecule has 1 aromatic rings. The Balaban J connectivity index is 2.76. The summed E-state index contributed by atoms with van der Waals surface area (Å²) in [4.78, 5) is 11.7. The summed E-state index contributed by atoms with van der Waals surface area (Å²) in [6.45, 7) is 1.64. The standard InChI is InChI=1S/C11H14O3/c1-8(11(13)14-2)10(12)9-6-4-3-5-7-9/h3-8,11,13H,1-2H3. The zero-order valence-corrected chi connectivity index (χ0v) is 8.31. The number of ether oxygens (including phenoxy) is 1. The lowest BCUT2D eigenvalue weighted by Gasteiger charge is -2.15. The summed E-state index contributed by atoms with van der Waals surface area (Å²) in [5, 5.41) is 9.32. The van der Waals surface area contributed by atoms with Gasteiger partial charge in [0.15, 0.2) is 12.1 Å². The van der Waals surface area contributed by atoms with E-state index in [4.69, 9.17) is 0 Å². The topological polar surface area (TPSA) is 46.5 Å². The highest BCUT2D eigenvalue weighted by atomic mass is 16.6. The Hall–Kier alpha value is -1.19. The van der Waals surface area contributed by atoms with Crippen molar-refractivity contribution in [2.75, 3.05) is 7.11 Å². The summed E-state index contributed by atoms with van der Waals surface area (Å²) in [6, 6.07) is 8.87. The second-order valence-corrected chi connectivity index (χ2v) is 3.15. The molecule has 3 heteroatoms. The summed E-state index contributed by atoms with van der Waals surface area (Å²) in [7, 11) is 1.37. The monoisotopic (exact) mass is 194 g/mol. The molecule has 0 radical (unpaired) electrons. The number of rotatable bonds is 4. The zero-order chi connectivity index (χ0) is 10.6. The zero-order valence-electron chi connectivity index (χ0n) is 8.31. The van der Waals surface area contributed by atoms with Gasteiger partial charge in [-0.2, -0.15) is 0 Å². The largest absolute Gasteiger partial charge is 0.367 e. The summed E-state index contributed by atoms with van der Waals surface area (Å²) in [5.74, 6) is -0.651. The third kappa shape index (κ3) is 2.40. The van der Waals surface area contributed by atoms with Crippen LogP contribution in [0.1, 0.15) is 17.3 Å².